The van der Waals surface area contributed by atoms with E-state index in [0.717, 1.165) is 6.42 Å². The van der Waals surface area contributed by atoms with E-state index in [1.165, 1.54) is 28.7 Å². The first-order chi connectivity index (χ1) is 10.3. The molecule has 0 heterocycles. The van der Waals surface area contributed by atoms with Gasteiger partial charge < -0.3 is 5.32 Å². The molecule has 1 atom stereocenters. The Morgan fingerprint density at radius 2 is 1.41 bits per heavy atom. The van der Waals surface area contributed by atoms with E-state index in [1.54, 1.807) is 0 Å². The van der Waals surface area contributed by atoms with Gasteiger partial charge in [0.15, 0.2) is 0 Å². The number of allylic oxidation sites excluding steroid dienone is 1. The van der Waals surface area contributed by atoms with Crippen LogP contribution >= 0.6 is 12.4 Å². The van der Waals surface area contributed by atoms with Crippen LogP contribution in [-0.4, -0.2) is 12.1 Å². The topological polar surface area (TPSA) is 12.0 Å². The minimum absolute atomic E-state index is 0. The highest BCUT2D eigenvalue weighted by molar-refractivity contribution is 5.95. The van der Waals surface area contributed by atoms with Gasteiger partial charge >= 0.3 is 0 Å². The fraction of sp³-hybridized carbons (Fsp3) is 0.300. The molecule has 0 saturated carbocycles. The van der Waals surface area contributed by atoms with E-state index < -0.39 is 0 Å². The predicted octanol–water partition coefficient (Wildman–Crippen LogP) is 5.18. The van der Waals surface area contributed by atoms with E-state index in [9.17, 15) is 0 Å². The van der Waals surface area contributed by atoms with Crippen molar-refractivity contribution in [3.8, 4) is 0 Å². The van der Waals surface area contributed by atoms with Gasteiger partial charge in [-0.05, 0) is 35.1 Å². The van der Waals surface area contributed by atoms with Gasteiger partial charge in [-0.15, -0.1) is 12.4 Å². The monoisotopic (exact) mass is 313 g/mol. The van der Waals surface area contributed by atoms with Gasteiger partial charge in [-0.2, -0.15) is 0 Å². The minimum Gasteiger partial charge on any atom is -0.308 e. The fourth-order valence-electron chi connectivity index (χ4n) is 3.28. The second-order valence-corrected chi connectivity index (χ2v) is 6.04. The SMILES string of the molecule is CC(C)NC1CCC(c2ccccc2)=C1c1ccccc1.Cl. The lowest BCUT2D eigenvalue weighted by atomic mass is 9.95. The molecule has 22 heavy (non-hydrogen) atoms. The third kappa shape index (κ3) is 3.60. The number of nitrogens with one attached hydrogen (secondary N) is 1. The van der Waals surface area contributed by atoms with Crippen LogP contribution in [0.4, 0.5) is 0 Å². The van der Waals surface area contributed by atoms with Gasteiger partial charge in [0.1, 0.15) is 0 Å². The van der Waals surface area contributed by atoms with Crippen LogP contribution in [0.25, 0.3) is 11.1 Å². The Labute approximate surface area is 139 Å². The average molecular weight is 314 g/mol. The first-order valence-corrected chi connectivity index (χ1v) is 7.85. The molecule has 0 aliphatic heterocycles. The summed E-state index contributed by atoms with van der Waals surface area (Å²) in [5.74, 6) is 0. The lowest BCUT2D eigenvalue weighted by molar-refractivity contribution is 0.524. The Morgan fingerprint density at radius 1 is 0.864 bits per heavy atom. The molecule has 1 nitrogen and oxygen atoms in total. The van der Waals surface area contributed by atoms with Crippen LogP contribution in [-0.2, 0) is 0 Å². The Morgan fingerprint density at radius 3 is 1.95 bits per heavy atom. The van der Waals surface area contributed by atoms with E-state index in [1.807, 2.05) is 0 Å². The van der Waals surface area contributed by atoms with Gasteiger partial charge in [-0.1, -0.05) is 74.5 Å². The number of benzene rings is 2. The van der Waals surface area contributed by atoms with Crippen molar-refractivity contribution in [2.24, 2.45) is 0 Å². The van der Waals surface area contributed by atoms with Crippen LogP contribution in [0, 0.1) is 0 Å². The van der Waals surface area contributed by atoms with Crippen LogP contribution in [0.15, 0.2) is 60.7 Å². The van der Waals surface area contributed by atoms with E-state index >= 15 is 0 Å². The number of halogens is 1. The van der Waals surface area contributed by atoms with Gasteiger partial charge in [0, 0.05) is 12.1 Å². The lowest BCUT2D eigenvalue weighted by Gasteiger charge is -2.20. The number of rotatable bonds is 4. The smallest absolute Gasteiger partial charge is 0.0334 e. The second-order valence-electron chi connectivity index (χ2n) is 6.04. The minimum atomic E-state index is 0. The summed E-state index contributed by atoms with van der Waals surface area (Å²) < 4.78 is 0. The molecule has 2 aromatic rings. The maximum absolute atomic E-state index is 3.73. The lowest BCUT2D eigenvalue weighted by Crippen LogP contribution is -2.33. The van der Waals surface area contributed by atoms with Gasteiger partial charge in [-0.25, -0.2) is 0 Å². The van der Waals surface area contributed by atoms with Crippen LogP contribution in [0.5, 0.6) is 0 Å². The standard InChI is InChI=1S/C20H23N.ClH/c1-15(2)21-19-14-13-18(16-9-5-3-6-10-16)20(19)17-11-7-4-8-12-17;/h3-12,15,19,21H,13-14H2,1-2H3;1H. The molecule has 2 aromatic carbocycles. The molecular weight excluding hydrogens is 290 g/mol. The van der Waals surface area contributed by atoms with Crippen molar-refractivity contribution >= 4 is 23.6 Å². The van der Waals surface area contributed by atoms with Gasteiger partial charge in [0.25, 0.3) is 0 Å². The zero-order valence-electron chi connectivity index (χ0n) is 13.3. The molecule has 1 N–H and O–H groups in total. The van der Waals surface area contributed by atoms with Crippen molar-refractivity contribution < 1.29 is 0 Å². The number of hydrogen-bond donors (Lipinski definition) is 1. The van der Waals surface area contributed by atoms with Gasteiger partial charge in [0.2, 0.25) is 0 Å². The Hall–Kier alpha value is -1.57. The van der Waals surface area contributed by atoms with E-state index in [-0.39, 0.29) is 12.4 Å². The quantitative estimate of drug-likeness (QED) is 0.820. The zero-order valence-corrected chi connectivity index (χ0v) is 14.1. The average Bonchev–Trinajstić information content (AvgIpc) is 2.92. The maximum atomic E-state index is 3.73. The molecule has 0 radical (unpaired) electrons. The third-order valence-corrected chi connectivity index (χ3v) is 4.10. The van der Waals surface area contributed by atoms with Crippen molar-refractivity contribution in [3.63, 3.8) is 0 Å². The molecule has 1 aliphatic carbocycles. The molecule has 2 heteroatoms. The van der Waals surface area contributed by atoms with Crippen molar-refractivity contribution in [2.75, 3.05) is 0 Å². The molecule has 0 spiro atoms. The Bertz CT molecular complexity index is 617. The van der Waals surface area contributed by atoms with Crippen molar-refractivity contribution in [2.45, 2.75) is 38.8 Å². The molecule has 0 fully saturated rings. The first-order valence-electron chi connectivity index (χ1n) is 7.85. The summed E-state index contributed by atoms with van der Waals surface area (Å²) in [6, 6.07) is 22.6. The largest absolute Gasteiger partial charge is 0.308 e. The first kappa shape index (κ1) is 16.8. The van der Waals surface area contributed by atoms with Crippen LogP contribution < -0.4 is 5.32 Å². The summed E-state index contributed by atoms with van der Waals surface area (Å²) in [5.41, 5.74) is 5.70. The summed E-state index contributed by atoms with van der Waals surface area (Å²) in [6.07, 6.45) is 2.34. The van der Waals surface area contributed by atoms with E-state index in [2.05, 4.69) is 79.8 Å². The third-order valence-electron chi connectivity index (χ3n) is 4.10. The Kier molecular flexibility index (Phi) is 5.82. The second kappa shape index (κ2) is 7.62. The van der Waals surface area contributed by atoms with E-state index in [0.29, 0.717) is 12.1 Å². The summed E-state index contributed by atoms with van der Waals surface area (Å²) in [4.78, 5) is 0. The maximum Gasteiger partial charge on any atom is 0.0334 e. The highest BCUT2D eigenvalue weighted by atomic mass is 35.5. The van der Waals surface area contributed by atoms with Crippen molar-refractivity contribution in [1.29, 1.82) is 0 Å². The Balaban J connectivity index is 0.00000176. The van der Waals surface area contributed by atoms with Crippen LogP contribution in [0.3, 0.4) is 0 Å². The summed E-state index contributed by atoms with van der Waals surface area (Å²) >= 11 is 0. The van der Waals surface area contributed by atoms with E-state index in [4.69, 9.17) is 0 Å². The highest BCUT2D eigenvalue weighted by Crippen LogP contribution is 2.40. The van der Waals surface area contributed by atoms with Crippen LogP contribution in [0.1, 0.15) is 37.8 Å². The molecule has 0 amide bonds. The van der Waals surface area contributed by atoms with Crippen molar-refractivity contribution in [3.05, 3.63) is 71.8 Å². The molecule has 116 valence electrons. The number of hydrogen-bond acceptors (Lipinski definition) is 1. The fourth-order valence-corrected chi connectivity index (χ4v) is 3.28. The highest BCUT2D eigenvalue weighted by Gasteiger charge is 2.27. The molecule has 3 rings (SSSR count). The van der Waals surface area contributed by atoms with Crippen molar-refractivity contribution in [1.82, 2.24) is 5.32 Å². The zero-order chi connectivity index (χ0) is 14.7. The summed E-state index contributed by atoms with van der Waals surface area (Å²) in [7, 11) is 0. The van der Waals surface area contributed by atoms with Gasteiger partial charge in [0.05, 0.1) is 0 Å². The molecule has 1 unspecified atom stereocenters. The summed E-state index contributed by atoms with van der Waals surface area (Å²) in [5, 5.41) is 3.73. The predicted molar refractivity (Wildman–Crippen MR) is 98.2 cm³/mol. The molecule has 0 bridgehead atoms. The molecular formula is C20H24ClN. The molecule has 0 aromatic heterocycles. The summed E-state index contributed by atoms with van der Waals surface area (Å²) in [6.45, 7) is 4.45. The van der Waals surface area contributed by atoms with Crippen LogP contribution in [0.2, 0.25) is 0 Å². The molecule has 1 aliphatic rings. The molecule has 0 saturated heterocycles. The van der Waals surface area contributed by atoms with Gasteiger partial charge in [-0.3, -0.25) is 0 Å². The normalized spacial score (nSPS) is 17.7.